The Morgan fingerprint density at radius 1 is 1.03 bits per heavy atom. The van der Waals surface area contributed by atoms with Gasteiger partial charge in [0.25, 0.3) is 0 Å². The highest BCUT2D eigenvalue weighted by Crippen LogP contribution is 2.27. The van der Waals surface area contributed by atoms with Crippen LogP contribution in [0, 0.1) is 5.82 Å². The molecule has 1 N–H and O–H groups in total. The third kappa shape index (κ3) is 5.16. The Kier molecular flexibility index (Phi) is 5.28. The summed E-state index contributed by atoms with van der Waals surface area (Å²) in [6.45, 7) is 0. The summed E-state index contributed by atoms with van der Waals surface area (Å²) in [6, 6.07) is 13.3. The third-order valence-corrected chi connectivity index (χ3v) is 4.32. The van der Waals surface area contributed by atoms with E-state index in [0.29, 0.717) is 17.3 Å². The smallest absolute Gasteiger partial charge is 0.406 e. The molecule has 2 aromatic carbocycles. The molecule has 6 nitrogen and oxygen atoms in total. The minimum atomic E-state index is -4.96. The lowest BCUT2D eigenvalue weighted by molar-refractivity contribution is -0.274. The molecule has 2 aromatic heterocycles. The zero-order chi connectivity index (χ0) is 22.0. The molecule has 0 aliphatic heterocycles. The van der Waals surface area contributed by atoms with Crippen molar-refractivity contribution in [1.29, 1.82) is 0 Å². The number of pyridine rings is 1. The van der Waals surface area contributed by atoms with Gasteiger partial charge in [-0.2, -0.15) is 5.10 Å². The molecule has 4 rings (SSSR count). The molecule has 0 saturated carbocycles. The first kappa shape index (κ1) is 20.3. The van der Waals surface area contributed by atoms with Crippen molar-refractivity contribution in [3.05, 3.63) is 78.5 Å². The predicted molar refractivity (Wildman–Crippen MR) is 104 cm³/mol. The molecule has 10 heteroatoms. The van der Waals surface area contributed by atoms with E-state index in [-0.39, 0.29) is 12.1 Å². The van der Waals surface area contributed by atoms with Crippen LogP contribution in [0.3, 0.4) is 0 Å². The molecule has 0 fully saturated rings. The van der Waals surface area contributed by atoms with Gasteiger partial charge in [0.1, 0.15) is 17.9 Å². The Hall–Kier alpha value is -3.95. The topological polar surface area (TPSA) is 68.5 Å². The summed E-state index contributed by atoms with van der Waals surface area (Å²) < 4.78 is 55.9. The predicted octanol–water partition coefficient (Wildman–Crippen LogP) is 4.62. The van der Waals surface area contributed by atoms with Crippen molar-refractivity contribution < 1.29 is 27.1 Å². The molecule has 0 aliphatic rings. The van der Waals surface area contributed by atoms with Crippen molar-refractivity contribution in [1.82, 2.24) is 14.6 Å². The summed E-state index contributed by atoms with van der Waals surface area (Å²) in [5.41, 5.74) is 3.07. The molecule has 0 spiro atoms. The molecule has 0 unspecified atom stereocenters. The zero-order valence-corrected chi connectivity index (χ0v) is 15.7. The average Bonchev–Trinajstić information content (AvgIpc) is 3.14. The van der Waals surface area contributed by atoms with Gasteiger partial charge in [-0.25, -0.2) is 13.9 Å². The number of anilines is 1. The van der Waals surface area contributed by atoms with E-state index in [9.17, 15) is 22.4 Å². The largest absolute Gasteiger partial charge is 0.573 e. The number of rotatable bonds is 5. The van der Waals surface area contributed by atoms with Crippen molar-refractivity contribution >= 4 is 17.2 Å². The summed E-state index contributed by atoms with van der Waals surface area (Å²) in [5, 5.41) is 6.41. The van der Waals surface area contributed by atoms with E-state index in [2.05, 4.69) is 20.1 Å². The third-order valence-electron chi connectivity index (χ3n) is 4.32. The number of carbonyl (C=O) groups excluding carboxylic acids is 1. The number of nitrogens with one attached hydrogen (secondary N) is 1. The number of hydrogen-bond donors (Lipinski definition) is 1. The number of fused-ring (bicyclic) bond motifs is 1. The van der Waals surface area contributed by atoms with Crippen LogP contribution in [0.2, 0.25) is 0 Å². The van der Waals surface area contributed by atoms with Crippen molar-refractivity contribution in [3.63, 3.8) is 0 Å². The molecule has 31 heavy (non-hydrogen) atoms. The van der Waals surface area contributed by atoms with Gasteiger partial charge in [0.05, 0.1) is 6.42 Å². The van der Waals surface area contributed by atoms with Crippen molar-refractivity contribution in [3.8, 4) is 16.9 Å². The molecule has 1 amide bonds. The lowest BCUT2D eigenvalue weighted by atomic mass is 10.0. The Balaban J connectivity index is 1.43. The molecule has 0 radical (unpaired) electrons. The first-order valence-corrected chi connectivity index (χ1v) is 9.00. The normalized spacial score (nSPS) is 11.5. The number of alkyl halides is 3. The molecule has 0 saturated heterocycles. The Labute approximate surface area is 173 Å². The number of ether oxygens (including phenoxy) is 1. The first-order chi connectivity index (χ1) is 14.7. The maximum atomic E-state index is 13.6. The van der Waals surface area contributed by atoms with Gasteiger partial charge >= 0.3 is 6.36 Å². The maximum absolute atomic E-state index is 13.6. The van der Waals surface area contributed by atoms with Gasteiger partial charge in [-0.3, -0.25) is 4.79 Å². The van der Waals surface area contributed by atoms with E-state index in [1.807, 2.05) is 24.3 Å². The summed E-state index contributed by atoms with van der Waals surface area (Å²) in [4.78, 5) is 16.4. The quantitative estimate of drug-likeness (QED) is 0.470. The lowest BCUT2D eigenvalue weighted by Crippen LogP contribution is -2.18. The van der Waals surface area contributed by atoms with Gasteiger partial charge in [-0.1, -0.05) is 24.3 Å². The molecule has 0 bridgehead atoms. The van der Waals surface area contributed by atoms with Crippen molar-refractivity contribution in [2.75, 3.05) is 5.32 Å². The van der Waals surface area contributed by atoms with E-state index < -0.39 is 23.8 Å². The van der Waals surface area contributed by atoms with Crippen LogP contribution < -0.4 is 10.1 Å². The fourth-order valence-electron chi connectivity index (χ4n) is 3.03. The highest BCUT2D eigenvalue weighted by Gasteiger charge is 2.31. The van der Waals surface area contributed by atoms with Crippen LogP contribution in [0.5, 0.6) is 5.75 Å². The van der Waals surface area contributed by atoms with Gasteiger partial charge in [0.2, 0.25) is 5.91 Å². The van der Waals surface area contributed by atoms with Crippen LogP contribution in [-0.2, 0) is 11.2 Å². The second kappa shape index (κ2) is 8.05. The number of halogens is 4. The highest BCUT2D eigenvalue weighted by atomic mass is 19.4. The minimum Gasteiger partial charge on any atom is -0.406 e. The van der Waals surface area contributed by atoms with Crippen LogP contribution in [-0.4, -0.2) is 26.9 Å². The van der Waals surface area contributed by atoms with Crippen LogP contribution in [0.25, 0.3) is 16.8 Å². The Morgan fingerprint density at radius 2 is 1.81 bits per heavy atom. The van der Waals surface area contributed by atoms with Crippen molar-refractivity contribution in [2.24, 2.45) is 0 Å². The number of carbonyl (C=O) groups is 1. The zero-order valence-electron chi connectivity index (χ0n) is 15.7. The highest BCUT2D eigenvalue weighted by molar-refractivity contribution is 5.92. The summed E-state index contributed by atoms with van der Waals surface area (Å²) in [6.07, 6.45) is -1.77. The molecule has 4 aromatic rings. The van der Waals surface area contributed by atoms with Crippen LogP contribution in [0.15, 0.2) is 67.1 Å². The number of hydrogen-bond acceptors (Lipinski definition) is 4. The van der Waals surface area contributed by atoms with Gasteiger partial charge in [-0.15, -0.1) is 13.2 Å². The molecule has 2 heterocycles. The summed E-state index contributed by atoms with van der Waals surface area (Å²) >= 11 is 0. The fraction of sp³-hybridized carbons (Fsp3) is 0.0952. The van der Waals surface area contributed by atoms with E-state index in [4.69, 9.17) is 0 Å². The van der Waals surface area contributed by atoms with Crippen LogP contribution in [0.4, 0.5) is 23.2 Å². The first-order valence-electron chi connectivity index (χ1n) is 9.00. The molecule has 0 atom stereocenters. The maximum Gasteiger partial charge on any atom is 0.573 e. The number of benzene rings is 2. The van der Waals surface area contributed by atoms with E-state index in [0.717, 1.165) is 23.3 Å². The summed E-state index contributed by atoms with van der Waals surface area (Å²) in [5.74, 6) is -2.23. The lowest BCUT2D eigenvalue weighted by Gasteiger charge is -2.11. The average molecular weight is 430 g/mol. The Morgan fingerprint density at radius 3 is 2.55 bits per heavy atom. The molecule has 0 aliphatic carbocycles. The van der Waals surface area contributed by atoms with Gasteiger partial charge < -0.3 is 10.1 Å². The Bertz CT molecular complexity index is 1240. The molecular formula is C21H14F4N4O2. The van der Waals surface area contributed by atoms with Gasteiger partial charge in [-0.05, 0) is 34.9 Å². The monoisotopic (exact) mass is 430 g/mol. The standard InChI is InChI=1S/C21H14F4N4O2/c22-16-9-17(11-18(10-16)31-21(23,24)25)28-20(30)7-13-1-3-14(4-2-13)15-5-6-29-19(8-15)26-12-27-29/h1-6,8-12H,7H2,(H,28,30). The van der Waals surface area contributed by atoms with Gasteiger partial charge in [0.15, 0.2) is 5.65 Å². The number of nitrogens with zero attached hydrogens (tertiary/aromatic N) is 3. The van der Waals surface area contributed by atoms with E-state index in [1.54, 1.807) is 22.8 Å². The van der Waals surface area contributed by atoms with Crippen LogP contribution >= 0.6 is 0 Å². The minimum absolute atomic E-state index is 0.0462. The summed E-state index contributed by atoms with van der Waals surface area (Å²) in [7, 11) is 0. The van der Waals surface area contributed by atoms with E-state index >= 15 is 0 Å². The number of amides is 1. The van der Waals surface area contributed by atoms with Gasteiger partial charge in [0, 0.05) is 24.0 Å². The van der Waals surface area contributed by atoms with Crippen molar-refractivity contribution in [2.45, 2.75) is 12.8 Å². The fourth-order valence-corrected chi connectivity index (χ4v) is 3.03. The van der Waals surface area contributed by atoms with E-state index in [1.165, 1.54) is 6.33 Å². The SMILES string of the molecule is O=C(Cc1ccc(-c2ccn3ncnc3c2)cc1)Nc1cc(F)cc(OC(F)(F)F)c1. The van der Waals surface area contributed by atoms with Crippen LogP contribution in [0.1, 0.15) is 5.56 Å². The molecular weight excluding hydrogens is 416 g/mol. The second-order valence-electron chi connectivity index (χ2n) is 6.62. The second-order valence-corrected chi connectivity index (χ2v) is 6.62. The molecule has 158 valence electrons. The number of aromatic nitrogens is 3.